The Bertz CT molecular complexity index is 318. The number of anilines is 1. The summed E-state index contributed by atoms with van der Waals surface area (Å²) in [7, 11) is 1.61. The Morgan fingerprint density at radius 3 is 2.43 bits per heavy atom. The fraction of sp³-hybridized carbons (Fsp3) is 0.600. The molecule has 0 unspecified atom stereocenters. The molecule has 0 saturated carbocycles. The summed E-state index contributed by atoms with van der Waals surface area (Å²) in [4.78, 5) is 8.18. The zero-order valence-electron chi connectivity index (χ0n) is 9.38. The van der Waals surface area contributed by atoms with E-state index in [2.05, 4.69) is 36.1 Å². The van der Waals surface area contributed by atoms with Crippen molar-refractivity contribution < 1.29 is 4.74 Å². The van der Waals surface area contributed by atoms with E-state index in [1.807, 2.05) is 6.92 Å². The highest BCUT2D eigenvalue weighted by Crippen LogP contribution is 2.22. The topological polar surface area (TPSA) is 47.0 Å². The minimum absolute atomic E-state index is 0.00980. The van der Waals surface area contributed by atoms with Gasteiger partial charge in [-0.25, -0.2) is 9.97 Å². The lowest BCUT2D eigenvalue weighted by molar-refractivity contribution is 0.393. The van der Waals surface area contributed by atoms with Gasteiger partial charge in [0.05, 0.1) is 12.7 Å². The third kappa shape index (κ3) is 2.58. The Kier molecular flexibility index (Phi) is 2.93. The van der Waals surface area contributed by atoms with E-state index in [0.717, 1.165) is 11.4 Å². The summed E-state index contributed by atoms with van der Waals surface area (Å²) in [5.74, 6) is 1.44. The zero-order chi connectivity index (χ0) is 10.8. The van der Waals surface area contributed by atoms with Gasteiger partial charge in [0.15, 0.2) is 0 Å². The summed E-state index contributed by atoms with van der Waals surface area (Å²) in [6.45, 7) is 8.19. The van der Waals surface area contributed by atoms with Gasteiger partial charge in [-0.05, 0) is 27.7 Å². The molecule has 0 aliphatic rings. The first kappa shape index (κ1) is 10.8. The number of nitrogens with zero attached hydrogens (tertiary/aromatic N) is 2. The first-order valence-corrected chi connectivity index (χ1v) is 4.58. The number of hydrogen-bond donors (Lipinski definition) is 1. The lowest BCUT2D eigenvalue weighted by Gasteiger charge is -2.22. The molecular weight excluding hydrogens is 178 g/mol. The Balaban J connectivity index is 2.98. The van der Waals surface area contributed by atoms with E-state index in [0.29, 0.717) is 5.88 Å². The van der Waals surface area contributed by atoms with Gasteiger partial charge in [0, 0.05) is 5.54 Å². The number of rotatable bonds is 2. The second-order valence-corrected chi connectivity index (χ2v) is 4.23. The van der Waals surface area contributed by atoms with Gasteiger partial charge < -0.3 is 10.1 Å². The zero-order valence-corrected chi connectivity index (χ0v) is 9.38. The largest absolute Gasteiger partial charge is 0.481 e. The summed E-state index contributed by atoms with van der Waals surface area (Å²) < 4.78 is 5.11. The molecule has 1 aromatic heterocycles. The van der Waals surface area contributed by atoms with Crippen molar-refractivity contribution in [3.8, 4) is 5.88 Å². The normalized spacial score (nSPS) is 11.2. The van der Waals surface area contributed by atoms with Crippen LogP contribution in [0.5, 0.6) is 5.88 Å². The fourth-order valence-electron chi connectivity index (χ4n) is 1.12. The maximum absolute atomic E-state index is 5.11. The van der Waals surface area contributed by atoms with Gasteiger partial charge >= 0.3 is 0 Å². The Morgan fingerprint density at radius 2 is 1.93 bits per heavy atom. The Labute approximate surface area is 84.7 Å². The summed E-state index contributed by atoms with van der Waals surface area (Å²) in [5, 5.41) is 3.29. The maximum Gasteiger partial charge on any atom is 0.221 e. The number of methoxy groups -OCH3 is 1. The van der Waals surface area contributed by atoms with Crippen LogP contribution >= 0.6 is 0 Å². The molecule has 0 spiro atoms. The Hall–Kier alpha value is -1.32. The first-order chi connectivity index (χ1) is 6.44. The predicted molar refractivity (Wildman–Crippen MR) is 56.7 cm³/mol. The second-order valence-electron chi connectivity index (χ2n) is 4.23. The van der Waals surface area contributed by atoms with Crippen molar-refractivity contribution >= 4 is 5.82 Å². The van der Waals surface area contributed by atoms with Crippen molar-refractivity contribution in [1.29, 1.82) is 0 Å². The average molecular weight is 195 g/mol. The molecule has 0 aliphatic heterocycles. The molecule has 1 rings (SSSR count). The molecule has 0 bridgehead atoms. The van der Waals surface area contributed by atoms with Gasteiger partial charge in [-0.3, -0.25) is 0 Å². The maximum atomic E-state index is 5.11. The number of nitrogens with one attached hydrogen (secondary N) is 1. The van der Waals surface area contributed by atoms with Gasteiger partial charge in [0.1, 0.15) is 12.1 Å². The van der Waals surface area contributed by atoms with E-state index >= 15 is 0 Å². The van der Waals surface area contributed by atoms with Crippen LogP contribution in [0.1, 0.15) is 26.3 Å². The summed E-state index contributed by atoms with van der Waals surface area (Å²) in [5.41, 5.74) is 0.925. The minimum atomic E-state index is -0.00980. The molecule has 0 amide bonds. The summed E-state index contributed by atoms with van der Waals surface area (Å²) in [6, 6.07) is 0. The van der Waals surface area contributed by atoms with Crippen LogP contribution in [0.25, 0.3) is 0 Å². The van der Waals surface area contributed by atoms with E-state index in [1.54, 1.807) is 7.11 Å². The smallest absolute Gasteiger partial charge is 0.221 e. The average Bonchev–Trinajstić information content (AvgIpc) is 2.06. The standard InChI is InChI=1S/C10H17N3O/c1-7-8(13-10(2,3)4)11-6-12-9(7)14-5/h6H,1-5H3,(H,11,12,13). The van der Waals surface area contributed by atoms with E-state index in [4.69, 9.17) is 4.74 Å². The molecule has 78 valence electrons. The predicted octanol–water partition coefficient (Wildman–Crippen LogP) is 2.00. The van der Waals surface area contributed by atoms with Crippen molar-refractivity contribution in [2.24, 2.45) is 0 Å². The van der Waals surface area contributed by atoms with Gasteiger partial charge in [-0.15, -0.1) is 0 Å². The molecule has 0 aliphatic carbocycles. The molecule has 4 nitrogen and oxygen atoms in total. The molecule has 0 atom stereocenters. The van der Waals surface area contributed by atoms with Gasteiger partial charge in [-0.1, -0.05) is 0 Å². The van der Waals surface area contributed by atoms with Crippen molar-refractivity contribution in [3.05, 3.63) is 11.9 Å². The van der Waals surface area contributed by atoms with Crippen molar-refractivity contribution in [1.82, 2.24) is 9.97 Å². The SMILES string of the molecule is COc1ncnc(NC(C)(C)C)c1C. The molecule has 1 heterocycles. The van der Waals surface area contributed by atoms with Crippen molar-refractivity contribution in [2.75, 3.05) is 12.4 Å². The van der Waals surface area contributed by atoms with Gasteiger partial charge in [0.2, 0.25) is 5.88 Å². The fourth-order valence-corrected chi connectivity index (χ4v) is 1.12. The van der Waals surface area contributed by atoms with Crippen LogP contribution < -0.4 is 10.1 Å². The van der Waals surface area contributed by atoms with E-state index < -0.39 is 0 Å². The van der Waals surface area contributed by atoms with Crippen LogP contribution in [-0.2, 0) is 0 Å². The lowest BCUT2D eigenvalue weighted by Crippen LogP contribution is -2.27. The highest BCUT2D eigenvalue weighted by atomic mass is 16.5. The van der Waals surface area contributed by atoms with Crippen LogP contribution in [0, 0.1) is 6.92 Å². The van der Waals surface area contributed by atoms with Gasteiger partial charge in [-0.2, -0.15) is 0 Å². The molecule has 0 fully saturated rings. The van der Waals surface area contributed by atoms with Crippen LogP contribution in [0.2, 0.25) is 0 Å². The molecule has 0 saturated heterocycles. The van der Waals surface area contributed by atoms with Crippen molar-refractivity contribution in [3.63, 3.8) is 0 Å². The molecular formula is C10H17N3O. The number of ether oxygens (including phenoxy) is 1. The second kappa shape index (κ2) is 3.82. The molecule has 0 aromatic carbocycles. The first-order valence-electron chi connectivity index (χ1n) is 4.58. The molecule has 14 heavy (non-hydrogen) atoms. The minimum Gasteiger partial charge on any atom is -0.481 e. The number of aromatic nitrogens is 2. The third-order valence-electron chi connectivity index (χ3n) is 1.72. The van der Waals surface area contributed by atoms with E-state index in [-0.39, 0.29) is 5.54 Å². The Morgan fingerprint density at radius 1 is 1.29 bits per heavy atom. The van der Waals surface area contributed by atoms with Crippen LogP contribution in [-0.4, -0.2) is 22.6 Å². The molecule has 1 N–H and O–H groups in total. The highest BCUT2D eigenvalue weighted by molar-refractivity contribution is 5.48. The van der Waals surface area contributed by atoms with Crippen LogP contribution in [0.15, 0.2) is 6.33 Å². The van der Waals surface area contributed by atoms with Gasteiger partial charge in [0.25, 0.3) is 0 Å². The van der Waals surface area contributed by atoms with E-state index in [1.165, 1.54) is 6.33 Å². The quantitative estimate of drug-likeness (QED) is 0.784. The van der Waals surface area contributed by atoms with Crippen molar-refractivity contribution in [2.45, 2.75) is 33.2 Å². The summed E-state index contributed by atoms with van der Waals surface area (Å²) in [6.07, 6.45) is 1.50. The van der Waals surface area contributed by atoms with E-state index in [9.17, 15) is 0 Å². The van der Waals surface area contributed by atoms with Crippen LogP contribution in [0.4, 0.5) is 5.82 Å². The molecule has 4 heteroatoms. The molecule has 0 radical (unpaired) electrons. The third-order valence-corrected chi connectivity index (χ3v) is 1.72. The summed E-state index contributed by atoms with van der Waals surface area (Å²) >= 11 is 0. The lowest BCUT2D eigenvalue weighted by atomic mass is 10.1. The number of hydrogen-bond acceptors (Lipinski definition) is 4. The molecule has 1 aromatic rings. The highest BCUT2D eigenvalue weighted by Gasteiger charge is 2.14. The van der Waals surface area contributed by atoms with Crippen LogP contribution in [0.3, 0.4) is 0 Å². The monoisotopic (exact) mass is 195 g/mol.